The van der Waals surface area contributed by atoms with Crippen LogP contribution in [0.4, 0.5) is 10.5 Å². The van der Waals surface area contributed by atoms with Gasteiger partial charge in [0.15, 0.2) is 0 Å². The molecule has 0 spiro atoms. The molecule has 1 aliphatic rings. The van der Waals surface area contributed by atoms with E-state index in [1.165, 1.54) is 0 Å². The van der Waals surface area contributed by atoms with Crippen molar-refractivity contribution in [1.29, 1.82) is 0 Å². The maximum atomic E-state index is 12.8. The third-order valence-corrected chi connectivity index (χ3v) is 5.32. The fourth-order valence-electron chi connectivity index (χ4n) is 3.95. The van der Waals surface area contributed by atoms with Crippen molar-refractivity contribution in [2.24, 2.45) is 5.73 Å². The minimum atomic E-state index is -0.892. The summed E-state index contributed by atoms with van der Waals surface area (Å²) in [6, 6.07) is 12.9. The molecule has 29 heavy (non-hydrogen) atoms. The van der Waals surface area contributed by atoms with Crippen molar-refractivity contribution in [2.45, 2.75) is 31.8 Å². The maximum Gasteiger partial charge on any atom is 0.322 e. The number of likely N-dealkylation sites (tertiary alicyclic amines) is 1. The van der Waals surface area contributed by atoms with Crippen LogP contribution in [0.2, 0.25) is 0 Å². The molecule has 150 valence electrons. The number of nitrogens with one attached hydrogen (secondary N) is 1. The van der Waals surface area contributed by atoms with E-state index in [2.05, 4.69) is 5.32 Å². The van der Waals surface area contributed by atoms with E-state index in [-0.39, 0.29) is 18.5 Å². The van der Waals surface area contributed by atoms with Crippen LogP contribution in [0.15, 0.2) is 53.1 Å². The van der Waals surface area contributed by atoms with Gasteiger partial charge in [0.25, 0.3) is 0 Å². The number of amides is 2. The van der Waals surface area contributed by atoms with Gasteiger partial charge in [0.05, 0.1) is 12.7 Å². The summed E-state index contributed by atoms with van der Waals surface area (Å²) in [5.41, 5.74) is 9.97. The predicted octanol–water partition coefficient (Wildman–Crippen LogP) is 4.03. The Morgan fingerprint density at radius 3 is 2.90 bits per heavy atom. The van der Waals surface area contributed by atoms with Crippen molar-refractivity contribution >= 4 is 28.7 Å². The SMILES string of the molecule is NCc1cccc(-c2cc(NC(=O)N3CCCC3CC(=O)O)cc3ccoc23)c1. The number of rotatable bonds is 5. The summed E-state index contributed by atoms with van der Waals surface area (Å²) in [5, 5.41) is 12.9. The first-order chi connectivity index (χ1) is 14.0. The van der Waals surface area contributed by atoms with Gasteiger partial charge in [-0.05, 0) is 48.2 Å². The van der Waals surface area contributed by atoms with E-state index >= 15 is 0 Å². The van der Waals surface area contributed by atoms with Crippen molar-refractivity contribution in [3.63, 3.8) is 0 Å². The van der Waals surface area contributed by atoms with Gasteiger partial charge in [0, 0.05) is 35.8 Å². The number of furan rings is 1. The zero-order chi connectivity index (χ0) is 20.4. The van der Waals surface area contributed by atoms with Crippen LogP contribution in [0.1, 0.15) is 24.8 Å². The van der Waals surface area contributed by atoms with Gasteiger partial charge in [-0.25, -0.2) is 4.79 Å². The molecule has 1 atom stereocenters. The molecule has 0 aliphatic carbocycles. The van der Waals surface area contributed by atoms with Crippen molar-refractivity contribution in [3.8, 4) is 11.1 Å². The number of carbonyl (C=O) groups is 2. The number of hydrogen-bond donors (Lipinski definition) is 3. The molecular weight excluding hydrogens is 370 g/mol. The van der Waals surface area contributed by atoms with Gasteiger partial charge in [0.1, 0.15) is 5.58 Å². The molecule has 4 N–H and O–H groups in total. The predicted molar refractivity (Wildman–Crippen MR) is 111 cm³/mol. The van der Waals surface area contributed by atoms with Crippen LogP contribution in [0.25, 0.3) is 22.1 Å². The fourth-order valence-corrected chi connectivity index (χ4v) is 3.95. The minimum absolute atomic E-state index is 0.0364. The van der Waals surface area contributed by atoms with Gasteiger partial charge in [-0.2, -0.15) is 0 Å². The van der Waals surface area contributed by atoms with E-state index in [0.717, 1.165) is 34.1 Å². The summed E-state index contributed by atoms with van der Waals surface area (Å²) in [7, 11) is 0. The van der Waals surface area contributed by atoms with Crippen LogP contribution in [0.5, 0.6) is 0 Å². The lowest BCUT2D eigenvalue weighted by Crippen LogP contribution is -2.39. The Morgan fingerprint density at radius 2 is 2.10 bits per heavy atom. The molecule has 4 rings (SSSR count). The average Bonchev–Trinajstić information content (AvgIpc) is 3.36. The molecule has 1 unspecified atom stereocenters. The second-order valence-corrected chi connectivity index (χ2v) is 7.28. The number of carboxylic acid groups (broad SMARTS) is 1. The average molecular weight is 393 g/mol. The second kappa shape index (κ2) is 7.97. The molecule has 2 heterocycles. The zero-order valence-electron chi connectivity index (χ0n) is 15.9. The zero-order valence-corrected chi connectivity index (χ0v) is 15.9. The summed E-state index contributed by atoms with van der Waals surface area (Å²) in [6.45, 7) is 0.995. The number of benzene rings is 2. The molecule has 0 saturated carbocycles. The Bertz CT molecular complexity index is 1060. The standard InChI is InChI=1S/C22H23N3O4/c23-13-14-3-1-4-15(9-14)19-11-17(10-16-6-8-29-21(16)19)24-22(28)25-7-2-5-18(25)12-20(26)27/h1,3-4,6,8-11,18H,2,5,7,12-13,23H2,(H,24,28)(H,26,27). The van der Waals surface area contributed by atoms with Crippen LogP contribution in [-0.2, 0) is 11.3 Å². The highest BCUT2D eigenvalue weighted by molar-refractivity contribution is 5.99. The fraction of sp³-hybridized carbons (Fsp3) is 0.273. The van der Waals surface area contributed by atoms with E-state index in [0.29, 0.717) is 25.2 Å². The quantitative estimate of drug-likeness (QED) is 0.606. The van der Waals surface area contributed by atoms with Crippen molar-refractivity contribution in [3.05, 3.63) is 54.3 Å². The van der Waals surface area contributed by atoms with Gasteiger partial charge in [-0.1, -0.05) is 18.2 Å². The molecular formula is C22H23N3O4. The number of aliphatic carboxylic acids is 1. The Kier molecular flexibility index (Phi) is 5.22. The Morgan fingerprint density at radius 1 is 1.24 bits per heavy atom. The Balaban J connectivity index is 1.64. The number of nitrogens with two attached hydrogens (primary N) is 1. The van der Waals surface area contributed by atoms with E-state index < -0.39 is 5.97 Å². The van der Waals surface area contributed by atoms with E-state index in [1.807, 2.05) is 42.5 Å². The van der Waals surface area contributed by atoms with Crippen molar-refractivity contribution in [2.75, 3.05) is 11.9 Å². The van der Waals surface area contributed by atoms with Crippen LogP contribution >= 0.6 is 0 Å². The number of anilines is 1. The van der Waals surface area contributed by atoms with E-state index in [9.17, 15) is 9.59 Å². The third kappa shape index (κ3) is 3.95. The monoisotopic (exact) mass is 393 g/mol. The first-order valence-corrected chi connectivity index (χ1v) is 9.65. The highest BCUT2D eigenvalue weighted by atomic mass is 16.4. The van der Waals surface area contributed by atoms with Crippen LogP contribution in [-0.4, -0.2) is 34.6 Å². The number of carboxylic acids is 1. The van der Waals surface area contributed by atoms with Crippen LogP contribution in [0.3, 0.4) is 0 Å². The molecule has 1 saturated heterocycles. The lowest BCUT2D eigenvalue weighted by molar-refractivity contribution is -0.137. The lowest BCUT2D eigenvalue weighted by atomic mass is 10.0. The highest BCUT2D eigenvalue weighted by Gasteiger charge is 2.30. The molecule has 7 heteroatoms. The van der Waals surface area contributed by atoms with E-state index in [4.69, 9.17) is 15.3 Å². The number of urea groups is 1. The molecule has 0 bridgehead atoms. The van der Waals surface area contributed by atoms with Gasteiger partial charge in [-0.15, -0.1) is 0 Å². The summed E-state index contributed by atoms with van der Waals surface area (Å²) in [6.07, 6.45) is 3.10. The summed E-state index contributed by atoms with van der Waals surface area (Å²) < 4.78 is 5.68. The van der Waals surface area contributed by atoms with Crippen LogP contribution in [0, 0.1) is 0 Å². The molecule has 3 aromatic rings. The normalized spacial score (nSPS) is 16.3. The van der Waals surface area contributed by atoms with Crippen LogP contribution < -0.4 is 11.1 Å². The molecule has 1 aromatic heterocycles. The largest absolute Gasteiger partial charge is 0.481 e. The van der Waals surface area contributed by atoms with Gasteiger partial charge in [0.2, 0.25) is 0 Å². The number of fused-ring (bicyclic) bond motifs is 1. The molecule has 0 radical (unpaired) electrons. The number of carbonyl (C=O) groups excluding carboxylic acids is 1. The first-order valence-electron chi connectivity index (χ1n) is 9.65. The molecule has 2 amide bonds. The van der Waals surface area contributed by atoms with Gasteiger partial charge >= 0.3 is 12.0 Å². The third-order valence-electron chi connectivity index (χ3n) is 5.32. The Labute approximate surface area is 168 Å². The van der Waals surface area contributed by atoms with E-state index in [1.54, 1.807) is 11.2 Å². The van der Waals surface area contributed by atoms with Crippen molar-refractivity contribution in [1.82, 2.24) is 4.90 Å². The minimum Gasteiger partial charge on any atom is -0.481 e. The molecule has 7 nitrogen and oxygen atoms in total. The summed E-state index contributed by atoms with van der Waals surface area (Å²) in [5.74, 6) is -0.892. The summed E-state index contributed by atoms with van der Waals surface area (Å²) in [4.78, 5) is 25.5. The molecule has 2 aromatic carbocycles. The maximum absolute atomic E-state index is 12.8. The molecule has 1 aliphatic heterocycles. The topological polar surface area (TPSA) is 109 Å². The first kappa shape index (κ1) is 19.0. The highest BCUT2D eigenvalue weighted by Crippen LogP contribution is 2.33. The summed E-state index contributed by atoms with van der Waals surface area (Å²) >= 11 is 0. The lowest BCUT2D eigenvalue weighted by Gasteiger charge is -2.24. The smallest absolute Gasteiger partial charge is 0.322 e. The molecule has 1 fully saturated rings. The second-order valence-electron chi connectivity index (χ2n) is 7.28. The Hall–Kier alpha value is -3.32. The van der Waals surface area contributed by atoms with Gasteiger partial charge < -0.3 is 25.5 Å². The van der Waals surface area contributed by atoms with Crippen molar-refractivity contribution < 1.29 is 19.1 Å². The number of hydrogen-bond acceptors (Lipinski definition) is 4. The number of nitrogens with zero attached hydrogens (tertiary/aromatic N) is 1. The van der Waals surface area contributed by atoms with Gasteiger partial charge in [-0.3, -0.25) is 4.79 Å².